The first kappa shape index (κ1) is 10.5. The molecule has 1 unspecified atom stereocenters. The van der Waals surface area contributed by atoms with E-state index >= 15 is 0 Å². The molecule has 0 aromatic carbocycles. The molecule has 0 spiro atoms. The fourth-order valence-corrected chi connectivity index (χ4v) is 0.326. The highest BCUT2D eigenvalue weighted by atomic mass is 35.5. The van der Waals surface area contributed by atoms with E-state index in [0.29, 0.717) is 6.42 Å². The van der Waals surface area contributed by atoms with Gasteiger partial charge in [-0.05, 0) is 6.42 Å². The number of rotatable bonds is 1. The summed E-state index contributed by atoms with van der Waals surface area (Å²) in [7, 11) is 1.94. The molecule has 0 fully saturated rings. The average Bonchev–Trinajstić information content (AvgIpc) is 2.41. The van der Waals surface area contributed by atoms with Gasteiger partial charge >= 0.3 is 0 Å². The van der Waals surface area contributed by atoms with E-state index < -0.39 is 5.56 Å². The number of aliphatic hydroxyl groups is 1. The van der Waals surface area contributed by atoms with Crippen LogP contribution < -0.4 is 0 Å². The second kappa shape index (κ2) is 6.19. The smallest absolute Gasteiger partial charge is 0.127 e. The van der Waals surface area contributed by atoms with E-state index in [1.165, 1.54) is 0 Å². The van der Waals surface area contributed by atoms with Gasteiger partial charge in [0.15, 0.2) is 0 Å². The largest absolute Gasteiger partial charge is 0.378 e. The van der Waals surface area contributed by atoms with Crippen molar-refractivity contribution in [1.29, 1.82) is 0 Å². The molecule has 11 heavy (non-hydrogen) atoms. The minimum absolute atomic E-state index is 0.627. The summed E-state index contributed by atoms with van der Waals surface area (Å²) >= 11 is 5.02. The lowest BCUT2D eigenvalue weighted by molar-refractivity contribution is 0.252. The highest BCUT2D eigenvalue weighted by Gasteiger charge is 1.85. The summed E-state index contributed by atoms with van der Waals surface area (Å²) in [5.41, 5.74) is -0.644. The zero-order valence-electron chi connectivity index (χ0n) is 6.74. The number of imidazole rings is 1. The van der Waals surface area contributed by atoms with Crippen LogP contribution in [0.3, 0.4) is 0 Å². The van der Waals surface area contributed by atoms with E-state index in [0.717, 1.165) is 0 Å². The van der Waals surface area contributed by atoms with Crippen molar-refractivity contribution in [3.8, 4) is 0 Å². The van der Waals surface area contributed by atoms with E-state index in [1.807, 2.05) is 24.7 Å². The molecule has 1 aromatic heterocycles. The van der Waals surface area contributed by atoms with Crippen molar-refractivity contribution >= 4 is 11.6 Å². The third-order valence-corrected chi connectivity index (χ3v) is 1.28. The summed E-state index contributed by atoms with van der Waals surface area (Å²) in [6.07, 6.45) is 6.02. The van der Waals surface area contributed by atoms with E-state index in [2.05, 4.69) is 4.98 Å². The molecule has 1 atom stereocenters. The van der Waals surface area contributed by atoms with Gasteiger partial charge in [-0.2, -0.15) is 0 Å². The van der Waals surface area contributed by atoms with Gasteiger partial charge in [0.1, 0.15) is 5.56 Å². The van der Waals surface area contributed by atoms with Crippen molar-refractivity contribution in [2.45, 2.75) is 18.9 Å². The average molecular weight is 177 g/mol. The first-order valence-corrected chi connectivity index (χ1v) is 3.84. The molecule has 0 amide bonds. The maximum atomic E-state index is 8.13. The molecule has 64 valence electrons. The lowest BCUT2D eigenvalue weighted by atomic mass is 10.5. The van der Waals surface area contributed by atoms with Crippen LogP contribution in [-0.2, 0) is 7.05 Å². The Bertz CT molecular complexity index is 163. The lowest BCUT2D eigenvalue weighted by Crippen LogP contribution is -1.88. The molecule has 1 heterocycles. The van der Waals surface area contributed by atoms with Crippen LogP contribution in [0.2, 0.25) is 0 Å². The van der Waals surface area contributed by atoms with Gasteiger partial charge in [0.25, 0.3) is 0 Å². The molecule has 1 N–H and O–H groups in total. The molecule has 0 saturated heterocycles. The van der Waals surface area contributed by atoms with Gasteiger partial charge in [0.2, 0.25) is 0 Å². The monoisotopic (exact) mass is 176 g/mol. The number of halogens is 1. The van der Waals surface area contributed by atoms with E-state index in [1.54, 1.807) is 12.5 Å². The minimum Gasteiger partial charge on any atom is -0.378 e. The molecule has 0 bridgehead atoms. The van der Waals surface area contributed by atoms with Gasteiger partial charge in [-0.1, -0.05) is 18.5 Å². The van der Waals surface area contributed by atoms with Crippen molar-refractivity contribution in [3.63, 3.8) is 0 Å². The number of aliphatic hydroxyl groups excluding tert-OH is 1. The molecule has 0 aliphatic heterocycles. The van der Waals surface area contributed by atoms with Crippen molar-refractivity contribution in [2.24, 2.45) is 7.05 Å². The molecular formula is C7H13ClN2O. The molecule has 3 nitrogen and oxygen atoms in total. The lowest BCUT2D eigenvalue weighted by Gasteiger charge is -1.87. The first-order chi connectivity index (χ1) is 5.16. The maximum Gasteiger partial charge on any atom is 0.127 e. The summed E-state index contributed by atoms with van der Waals surface area (Å²) in [6.45, 7) is 1.82. The fraction of sp³-hybridized carbons (Fsp3) is 0.571. The number of alkyl halides is 1. The maximum absolute atomic E-state index is 8.13. The highest BCUT2D eigenvalue weighted by molar-refractivity contribution is 6.19. The summed E-state index contributed by atoms with van der Waals surface area (Å²) in [5, 5.41) is 8.13. The molecule has 1 rings (SSSR count). The Hall–Kier alpha value is -0.540. The molecule has 0 saturated carbocycles. The molecule has 0 aliphatic carbocycles. The second-order valence-electron chi connectivity index (χ2n) is 2.07. The number of aromatic nitrogens is 2. The van der Waals surface area contributed by atoms with Crippen LogP contribution in [-0.4, -0.2) is 20.2 Å². The normalized spacial score (nSPS) is 11.6. The van der Waals surface area contributed by atoms with Crippen molar-refractivity contribution in [1.82, 2.24) is 9.55 Å². The van der Waals surface area contributed by atoms with Crippen LogP contribution in [0.25, 0.3) is 0 Å². The third-order valence-electron chi connectivity index (χ3n) is 0.974. The molecule has 0 aliphatic rings. The van der Waals surface area contributed by atoms with Crippen LogP contribution in [0.15, 0.2) is 18.7 Å². The van der Waals surface area contributed by atoms with Gasteiger partial charge in [-0.15, -0.1) is 0 Å². The van der Waals surface area contributed by atoms with Crippen LogP contribution in [0, 0.1) is 0 Å². The van der Waals surface area contributed by atoms with Gasteiger partial charge in [-0.25, -0.2) is 4.98 Å². The summed E-state index contributed by atoms with van der Waals surface area (Å²) in [4.78, 5) is 3.78. The second-order valence-corrected chi connectivity index (χ2v) is 2.57. The Balaban J connectivity index is 0.000000187. The van der Waals surface area contributed by atoms with Gasteiger partial charge < -0.3 is 9.67 Å². The first-order valence-electron chi connectivity index (χ1n) is 3.41. The standard InChI is InChI=1S/C4H6N2.C3H7ClO/c1-6-3-2-5-4-6;1-2-3(4)5/h2-4H,1H3;3,5H,2H2,1H3. The van der Waals surface area contributed by atoms with Crippen molar-refractivity contribution in [3.05, 3.63) is 18.7 Å². The molecule has 1 aromatic rings. The number of aryl methyl sites for hydroxylation is 1. The van der Waals surface area contributed by atoms with Gasteiger partial charge in [-0.3, -0.25) is 0 Å². The molecular weight excluding hydrogens is 164 g/mol. The summed E-state index contributed by atoms with van der Waals surface area (Å²) < 4.78 is 1.89. The molecule has 4 heteroatoms. The van der Waals surface area contributed by atoms with Crippen molar-refractivity contribution in [2.75, 3.05) is 0 Å². The highest BCUT2D eigenvalue weighted by Crippen LogP contribution is 1.91. The van der Waals surface area contributed by atoms with E-state index in [9.17, 15) is 0 Å². The Morgan fingerprint density at radius 3 is 2.36 bits per heavy atom. The topological polar surface area (TPSA) is 38.0 Å². The zero-order chi connectivity index (χ0) is 8.69. The van der Waals surface area contributed by atoms with Crippen LogP contribution in [0.1, 0.15) is 13.3 Å². The number of nitrogens with zero attached hydrogens (tertiary/aromatic N) is 2. The van der Waals surface area contributed by atoms with E-state index in [4.69, 9.17) is 16.7 Å². The minimum atomic E-state index is -0.644. The summed E-state index contributed by atoms with van der Waals surface area (Å²) in [5.74, 6) is 0. The Morgan fingerprint density at radius 1 is 1.73 bits per heavy atom. The molecule has 0 radical (unpaired) electrons. The SMILES string of the molecule is CCC(O)Cl.Cn1ccnc1. The van der Waals surface area contributed by atoms with Crippen LogP contribution in [0.5, 0.6) is 0 Å². The summed E-state index contributed by atoms with van der Waals surface area (Å²) in [6, 6.07) is 0. The predicted octanol–water partition coefficient (Wildman–Crippen LogP) is 1.37. The van der Waals surface area contributed by atoms with Crippen LogP contribution in [0.4, 0.5) is 0 Å². The van der Waals surface area contributed by atoms with Crippen molar-refractivity contribution < 1.29 is 5.11 Å². The number of hydrogen-bond acceptors (Lipinski definition) is 2. The van der Waals surface area contributed by atoms with E-state index in [-0.39, 0.29) is 0 Å². The number of hydrogen-bond donors (Lipinski definition) is 1. The quantitative estimate of drug-likeness (QED) is 0.657. The van der Waals surface area contributed by atoms with Gasteiger partial charge in [0.05, 0.1) is 6.33 Å². The third kappa shape index (κ3) is 7.36. The Kier molecular flexibility index (Phi) is 5.88. The van der Waals surface area contributed by atoms with Crippen LogP contribution >= 0.6 is 11.6 Å². The Morgan fingerprint density at radius 2 is 2.27 bits per heavy atom. The zero-order valence-corrected chi connectivity index (χ0v) is 7.49. The predicted molar refractivity (Wildman–Crippen MR) is 45.4 cm³/mol. The fourth-order valence-electron chi connectivity index (χ4n) is 0.326. The Labute approximate surface area is 71.6 Å². The van der Waals surface area contributed by atoms with Gasteiger partial charge in [0, 0.05) is 19.4 Å².